The van der Waals surface area contributed by atoms with Gasteiger partial charge in [0.1, 0.15) is 11.1 Å². The smallest absolute Gasteiger partial charge is 0.125 e. The fraction of sp³-hybridized carbons (Fsp3) is 0. The van der Waals surface area contributed by atoms with Crippen molar-refractivity contribution < 1.29 is 0 Å². The third-order valence-corrected chi connectivity index (χ3v) is 3.33. The van der Waals surface area contributed by atoms with Crippen molar-refractivity contribution in [2.75, 3.05) is 5.73 Å². The molecule has 0 aliphatic heterocycles. The Morgan fingerprint density at radius 2 is 2.18 bits per heavy atom. The molecule has 84 valence electrons. The van der Waals surface area contributed by atoms with Gasteiger partial charge in [0.2, 0.25) is 0 Å². The highest BCUT2D eigenvalue weighted by atomic mass is 35.5. The summed E-state index contributed by atoms with van der Waals surface area (Å²) in [6.07, 6.45) is 1.57. The second kappa shape index (κ2) is 5.09. The summed E-state index contributed by atoms with van der Waals surface area (Å²) in [7, 11) is 0. The van der Waals surface area contributed by atoms with Gasteiger partial charge < -0.3 is 5.73 Å². The molecule has 3 nitrogen and oxygen atoms in total. The number of nitrogen functional groups attached to an aromatic ring is 1. The maximum Gasteiger partial charge on any atom is 0.125 e. The first-order valence-corrected chi connectivity index (χ1v) is 5.98. The van der Waals surface area contributed by atoms with E-state index in [-0.39, 0.29) is 0 Å². The molecule has 0 atom stereocenters. The minimum absolute atomic E-state index is 0.403. The van der Waals surface area contributed by atoms with E-state index in [1.807, 2.05) is 24.3 Å². The summed E-state index contributed by atoms with van der Waals surface area (Å²) in [5.41, 5.74) is 6.68. The molecule has 0 bridgehead atoms. The monoisotopic (exact) mass is 261 g/mol. The van der Waals surface area contributed by atoms with Crippen molar-refractivity contribution in [1.29, 1.82) is 5.26 Å². The standard InChI is InChI=1S/C12H8ClN3S/c13-9-2-1-3-10(6-9)17-12-11(15)8(7-14)4-5-16-12/h1-6H,15H2. The fourth-order valence-electron chi connectivity index (χ4n) is 1.27. The number of anilines is 1. The van der Waals surface area contributed by atoms with Crippen LogP contribution < -0.4 is 5.73 Å². The second-order valence-corrected chi connectivity index (χ2v) is 4.75. The minimum atomic E-state index is 0.403. The van der Waals surface area contributed by atoms with Crippen molar-refractivity contribution in [3.63, 3.8) is 0 Å². The predicted molar refractivity (Wildman–Crippen MR) is 68.9 cm³/mol. The molecule has 0 radical (unpaired) electrons. The molecule has 1 aromatic carbocycles. The molecule has 0 unspecified atom stereocenters. The number of nitrogens with two attached hydrogens (primary N) is 1. The van der Waals surface area contributed by atoms with Crippen LogP contribution in [0.25, 0.3) is 0 Å². The number of pyridine rings is 1. The number of aromatic nitrogens is 1. The van der Waals surface area contributed by atoms with Gasteiger partial charge in [-0.25, -0.2) is 4.98 Å². The van der Waals surface area contributed by atoms with Crippen molar-refractivity contribution in [3.05, 3.63) is 47.1 Å². The number of hydrogen-bond donors (Lipinski definition) is 1. The first-order chi connectivity index (χ1) is 8.20. The van der Waals surface area contributed by atoms with Crippen molar-refractivity contribution in [3.8, 4) is 6.07 Å². The summed E-state index contributed by atoms with van der Waals surface area (Å²) >= 11 is 7.28. The van der Waals surface area contributed by atoms with Crippen LogP contribution in [-0.4, -0.2) is 4.98 Å². The number of halogens is 1. The summed E-state index contributed by atoms with van der Waals surface area (Å²) in [5.74, 6) is 0. The molecular weight excluding hydrogens is 254 g/mol. The summed E-state index contributed by atoms with van der Waals surface area (Å²) in [5, 5.41) is 10.1. The molecule has 2 rings (SSSR count). The lowest BCUT2D eigenvalue weighted by molar-refractivity contribution is 1.13. The Labute approximate surface area is 108 Å². The molecule has 2 aromatic rings. The van der Waals surface area contributed by atoms with E-state index in [2.05, 4.69) is 4.98 Å². The van der Waals surface area contributed by atoms with Crippen LogP contribution in [0.5, 0.6) is 0 Å². The number of hydrogen-bond acceptors (Lipinski definition) is 4. The molecule has 1 heterocycles. The highest BCUT2D eigenvalue weighted by molar-refractivity contribution is 7.99. The Balaban J connectivity index is 2.34. The van der Waals surface area contributed by atoms with Gasteiger partial charge in [-0.05, 0) is 24.3 Å². The molecule has 0 spiro atoms. The van der Waals surface area contributed by atoms with Gasteiger partial charge >= 0.3 is 0 Å². The first kappa shape index (κ1) is 11.8. The summed E-state index contributed by atoms with van der Waals surface area (Å²) in [6.45, 7) is 0. The SMILES string of the molecule is N#Cc1ccnc(Sc2cccc(Cl)c2)c1N. The Morgan fingerprint density at radius 3 is 2.88 bits per heavy atom. The molecule has 2 N–H and O–H groups in total. The quantitative estimate of drug-likeness (QED) is 0.901. The maximum absolute atomic E-state index is 8.86. The Bertz CT molecular complexity index is 593. The van der Waals surface area contributed by atoms with Gasteiger partial charge in [0.15, 0.2) is 0 Å². The fourth-order valence-corrected chi connectivity index (χ4v) is 2.42. The molecule has 0 amide bonds. The van der Waals surface area contributed by atoms with E-state index in [4.69, 9.17) is 22.6 Å². The number of nitriles is 1. The Hall–Kier alpha value is -1.70. The van der Waals surface area contributed by atoms with Crippen LogP contribution in [0.3, 0.4) is 0 Å². The van der Waals surface area contributed by atoms with Gasteiger partial charge in [0, 0.05) is 16.1 Å². The summed E-state index contributed by atoms with van der Waals surface area (Å²) in [4.78, 5) is 5.09. The minimum Gasteiger partial charge on any atom is -0.395 e. The Morgan fingerprint density at radius 1 is 1.35 bits per heavy atom. The lowest BCUT2D eigenvalue weighted by Gasteiger charge is -2.05. The van der Waals surface area contributed by atoms with Gasteiger partial charge in [-0.2, -0.15) is 5.26 Å². The zero-order valence-electron chi connectivity index (χ0n) is 8.72. The lowest BCUT2D eigenvalue weighted by atomic mass is 10.2. The number of benzene rings is 1. The van der Waals surface area contributed by atoms with E-state index >= 15 is 0 Å². The van der Waals surface area contributed by atoms with E-state index in [9.17, 15) is 0 Å². The molecule has 0 fully saturated rings. The van der Waals surface area contributed by atoms with Gasteiger partial charge in [-0.1, -0.05) is 29.4 Å². The van der Waals surface area contributed by atoms with Crippen LogP contribution >= 0.6 is 23.4 Å². The van der Waals surface area contributed by atoms with Crippen LogP contribution in [0.15, 0.2) is 46.5 Å². The van der Waals surface area contributed by atoms with Crippen LogP contribution in [0.2, 0.25) is 5.02 Å². The molecule has 0 aliphatic rings. The highest BCUT2D eigenvalue weighted by Gasteiger charge is 2.07. The average Bonchev–Trinajstić information content (AvgIpc) is 2.32. The average molecular weight is 262 g/mol. The number of rotatable bonds is 2. The van der Waals surface area contributed by atoms with Gasteiger partial charge in [-0.15, -0.1) is 0 Å². The molecule has 1 aromatic heterocycles. The van der Waals surface area contributed by atoms with Crippen molar-refractivity contribution >= 4 is 29.1 Å². The zero-order valence-corrected chi connectivity index (χ0v) is 10.3. The molecular formula is C12H8ClN3S. The third-order valence-electron chi connectivity index (χ3n) is 2.08. The topological polar surface area (TPSA) is 62.7 Å². The normalized spacial score (nSPS) is 9.88. The zero-order chi connectivity index (χ0) is 12.3. The van der Waals surface area contributed by atoms with Gasteiger partial charge in [0.25, 0.3) is 0 Å². The molecule has 5 heteroatoms. The molecule has 0 saturated heterocycles. The van der Waals surface area contributed by atoms with E-state index in [0.717, 1.165) is 4.90 Å². The molecule has 17 heavy (non-hydrogen) atoms. The van der Waals surface area contributed by atoms with E-state index in [1.165, 1.54) is 11.8 Å². The van der Waals surface area contributed by atoms with Crippen LogP contribution in [-0.2, 0) is 0 Å². The summed E-state index contributed by atoms with van der Waals surface area (Å²) in [6, 6.07) is 11.0. The molecule has 0 saturated carbocycles. The van der Waals surface area contributed by atoms with Crippen molar-refractivity contribution in [2.45, 2.75) is 9.92 Å². The maximum atomic E-state index is 8.86. The van der Waals surface area contributed by atoms with Gasteiger partial charge in [0.05, 0.1) is 11.3 Å². The third kappa shape index (κ3) is 2.70. The number of nitrogens with zero attached hydrogens (tertiary/aromatic N) is 2. The van der Waals surface area contributed by atoms with Crippen molar-refractivity contribution in [2.24, 2.45) is 0 Å². The van der Waals surface area contributed by atoms with Crippen LogP contribution in [0.4, 0.5) is 5.69 Å². The summed E-state index contributed by atoms with van der Waals surface area (Å²) < 4.78 is 0. The lowest BCUT2D eigenvalue weighted by Crippen LogP contribution is -1.95. The van der Waals surface area contributed by atoms with E-state index in [0.29, 0.717) is 21.3 Å². The second-order valence-electron chi connectivity index (χ2n) is 3.25. The Kier molecular flexibility index (Phi) is 3.52. The van der Waals surface area contributed by atoms with Crippen LogP contribution in [0, 0.1) is 11.3 Å². The predicted octanol–water partition coefficient (Wildman–Crippen LogP) is 3.34. The van der Waals surface area contributed by atoms with E-state index in [1.54, 1.807) is 18.3 Å². The highest BCUT2D eigenvalue weighted by Crippen LogP contribution is 2.32. The van der Waals surface area contributed by atoms with Crippen molar-refractivity contribution in [1.82, 2.24) is 4.98 Å². The van der Waals surface area contributed by atoms with E-state index < -0.39 is 0 Å². The largest absolute Gasteiger partial charge is 0.395 e. The van der Waals surface area contributed by atoms with Gasteiger partial charge in [-0.3, -0.25) is 0 Å². The molecule has 0 aliphatic carbocycles. The van der Waals surface area contributed by atoms with Crippen LogP contribution in [0.1, 0.15) is 5.56 Å². The first-order valence-electron chi connectivity index (χ1n) is 4.78.